The van der Waals surface area contributed by atoms with Crippen molar-refractivity contribution in [2.24, 2.45) is 4.99 Å². The van der Waals surface area contributed by atoms with Crippen molar-refractivity contribution in [3.8, 4) is 11.5 Å². The van der Waals surface area contributed by atoms with Crippen LogP contribution in [0.3, 0.4) is 0 Å². The molecule has 2 aliphatic heterocycles. The summed E-state index contributed by atoms with van der Waals surface area (Å²) in [5.74, 6) is 0.586. The third-order valence-electron chi connectivity index (χ3n) is 3.87. The zero-order chi connectivity index (χ0) is 17.9. The van der Waals surface area contributed by atoms with Gasteiger partial charge in [0, 0.05) is 11.8 Å². The number of hydrogen-bond donors (Lipinski definition) is 2. The lowest BCUT2D eigenvalue weighted by Crippen LogP contribution is -2.54. The van der Waals surface area contributed by atoms with E-state index in [1.165, 1.54) is 5.01 Å². The summed E-state index contributed by atoms with van der Waals surface area (Å²) >= 11 is 0. The zero-order valence-corrected chi connectivity index (χ0v) is 13.8. The first kappa shape index (κ1) is 15.9. The van der Waals surface area contributed by atoms with E-state index in [2.05, 4.69) is 15.7 Å². The first-order valence-corrected chi connectivity index (χ1v) is 8.11. The molecule has 8 heteroatoms. The number of para-hydroxylation sites is 1. The van der Waals surface area contributed by atoms with Gasteiger partial charge in [0.05, 0.1) is 5.69 Å². The lowest BCUT2D eigenvalue weighted by atomic mass is 10.2. The lowest BCUT2D eigenvalue weighted by Gasteiger charge is -2.27. The zero-order valence-electron chi connectivity index (χ0n) is 13.8. The number of aliphatic imine (C=N–C) groups is 1. The predicted molar refractivity (Wildman–Crippen MR) is 95.4 cm³/mol. The number of fused-ring (bicyclic) bond motifs is 1. The number of benzene rings is 2. The molecule has 8 nitrogen and oxygen atoms in total. The summed E-state index contributed by atoms with van der Waals surface area (Å²) in [6.07, 6.45) is 0. The Labute approximate surface area is 149 Å². The Morgan fingerprint density at radius 2 is 1.85 bits per heavy atom. The number of amidine groups is 1. The van der Waals surface area contributed by atoms with Gasteiger partial charge in [-0.05, 0) is 24.3 Å². The average molecular weight is 352 g/mol. The lowest BCUT2D eigenvalue weighted by molar-refractivity contribution is -0.118. The Hall–Kier alpha value is -3.55. The van der Waals surface area contributed by atoms with Crippen molar-refractivity contribution >= 4 is 29.0 Å². The van der Waals surface area contributed by atoms with Gasteiger partial charge in [0.1, 0.15) is 19.8 Å². The third kappa shape index (κ3) is 3.16. The van der Waals surface area contributed by atoms with Gasteiger partial charge in [-0.25, -0.2) is 5.01 Å². The topological polar surface area (TPSA) is 92.3 Å². The van der Waals surface area contributed by atoms with Crippen LogP contribution in [0.25, 0.3) is 0 Å². The highest BCUT2D eigenvalue weighted by Gasteiger charge is 2.25. The van der Waals surface area contributed by atoms with Gasteiger partial charge in [0.2, 0.25) is 5.84 Å². The molecule has 2 aromatic carbocycles. The molecule has 0 unspecified atom stereocenters. The van der Waals surface area contributed by atoms with Crippen LogP contribution < -0.4 is 25.2 Å². The number of carbonyl (C=O) groups is 2. The van der Waals surface area contributed by atoms with E-state index in [0.29, 0.717) is 36.1 Å². The van der Waals surface area contributed by atoms with Gasteiger partial charge in [-0.3, -0.25) is 20.0 Å². The fraction of sp³-hybridized carbons (Fsp3) is 0.167. The summed E-state index contributed by atoms with van der Waals surface area (Å²) < 4.78 is 11.0. The number of nitrogens with zero attached hydrogens (tertiary/aromatic N) is 2. The second-order valence-corrected chi connectivity index (χ2v) is 5.65. The number of anilines is 2. The number of carbonyl (C=O) groups excluding carboxylic acids is 2. The Bertz CT molecular complexity index is 882. The van der Waals surface area contributed by atoms with Crippen molar-refractivity contribution in [1.82, 2.24) is 5.43 Å². The predicted octanol–water partition coefficient (Wildman–Crippen LogP) is 1.35. The summed E-state index contributed by atoms with van der Waals surface area (Å²) in [6.45, 7) is 0.862. The van der Waals surface area contributed by atoms with Crippen molar-refractivity contribution in [1.29, 1.82) is 0 Å². The van der Waals surface area contributed by atoms with E-state index in [0.717, 1.165) is 0 Å². The molecule has 0 saturated heterocycles. The average Bonchev–Trinajstić information content (AvgIpc) is 2.69. The molecule has 0 saturated carbocycles. The van der Waals surface area contributed by atoms with Crippen molar-refractivity contribution in [2.75, 3.05) is 30.1 Å². The van der Waals surface area contributed by atoms with Crippen molar-refractivity contribution in [3.63, 3.8) is 0 Å². The molecule has 4 rings (SSSR count). The van der Waals surface area contributed by atoms with Gasteiger partial charge < -0.3 is 14.8 Å². The van der Waals surface area contributed by atoms with E-state index in [1.807, 2.05) is 18.2 Å². The number of rotatable bonds is 3. The molecule has 2 aromatic rings. The Balaban J connectivity index is 1.49. The normalized spacial score (nSPS) is 15.8. The van der Waals surface area contributed by atoms with E-state index >= 15 is 0 Å². The first-order valence-electron chi connectivity index (χ1n) is 8.11. The number of nitrogens with one attached hydrogen (secondary N) is 2. The molecule has 2 heterocycles. The van der Waals surface area contributed by atoms with Crippen molar-refractivity contribution in [2.45, 2.75) is 0 Å². The number of hydrazine groups is 1. The largest absolute Gasteiger partial charge is 0.486 e. The minimum Gasteiger partial charge on any atom is -0.486 e. The van der Waals surface area contributed by atoms with E-state index in [1.54, 1.807) is 30.3 Å². The monoisotopic (exact) mass is 352 g/mol. The molecule has 2 amide bonds. The van der Waals surface area contributed by atoms with Gasteiger partial charge in [0.15, 0.2) is 11.5 Å². The van der Waals surface area contributed by atoms with Crippen molar-refractivity contribution < 1.29 is 19.1 Å². The summed E-state index contributed by atoms with van der Waals surface area (Å²) in [4.78, 5) is 28.6. The minimum atomic E-state index is -0.449. The molecule has 0 aliphatic carbocycles. The van der Waals surface area contributed by atoms with Crippen LogP contribution >= 0.6 is 0 Å². The van der Waals surface area contributed by atoms with Gasteiger partial charge in [0.25, 0.3) is 11.8 Å². The highest BCUT2D eigenvalue weighted by molar-refractivity contribution is 6.43. The van der Waals surface area contributed by atoms with Crippen LogP contribution in [-0.2, 0) is 9.59 Å². The third-order valence-corrected chi connectivity index (χ3v) is 3.87. The van der Waals surface area contributed by atoms with E-state index < -0.39 is 5.91 Å². The molecule has 0 spiro atoms. The number of hydrogen-bond acceptors (Lipinski definition) is 6. The maximum atomic E-state index is 12.5. The van der Waals surface area contributed by atoms with E-state index in [-0.39, 0.29) is 18.3 Å². The van der Waals surface area contributed by atoms with Crippen LogP contribution in [0.1, 0.15) is 0 Å². The second kappa shape index (κ2) is 6.75. The Morgan fingerprint density at radius 1 is 1.08 bits per heavy atom. The maximum absolute atomic E-state index is 12.5. The van der Waals surface area contributed by atoms with Crippen LogP contribution in [0.15, 0.2) is 53.5 Å². The van der Waals surface area contributed by atoms with Crippen LogP contribution in [0.2, 0.25) is 0 Å². The summed E-state index contributed by atoms with van der Waals surface area (Å²) in [5.41, 5.74) is 3.95. The SMILES string of the molecule is O=C(Nc1ccc2c(c1)OCCO2)C1=NCC(=O)N(c2ccccc2)N1. The number of amides is 2. The molecule has 0 fully saturated rings. The molecular formula is C18H16N4O4. The van der Waals surface area contributed by atoms with Gasteiger partial charge in [-0.15, -0.1) is 0 Å². The number of ether oxygens (including phenoxy) is 2. The van der Waals surface area contributed by atoms with Gasteiger partial charge in [-0.1, -0.05) is 18.2 Å². The van der Waals surface area contributed by atoms with Gasteiger partial charge >= 0.3 is 0 Å². The molecule has 0 aromatic heterocycles. The molecule has 132 valence electrons. The molecule has 26 heavy (non-hydrogen) atoms. The quantitative estimate of drug-likeness (QED) is 0.870. The Morgan fingerprint density at radius 3 is 2.65 bits per heavy atom. The Kier molecular flexibility index (Phi) is 4.14. The summed E-state index contributed by atoms with van der Waals surface area (Å²) in [5, 5.41) is 4.05. The molecule has 2 N–H and O–H groups in total. The van der Waals surface area contributed by atoms with Crippen LogP contribution in [0.4, 0.5) is 11.4 Å². The van der Waals surface area contributed by atoms with E-state index in [4.69, 9.17) is 9.47 Å². The highest BCUT2D eigenvalue weighted by atomic mass is 16.6. The molecular weight excluding hydrogens is 336 g/mol. The summed E-state index contributed by atoms with van der Waals surface area (Å²) in [6, 6.07) is 14.2. The fourth-order valence-electron chi connectivity index (χ4n) is 2.64. The smallest absolute Gasteiger partial charge is 0.292 e. The fourth-order valence-corrected chi connectivity index (χ4v) is 2.64. The minimum absolute atomic E-state index is 0.0587. The van der Waals surface area contributed by atoms with Gasteiger partial charge in [-0.2, -0.15) is 0 Å². The first-order chi connectivity index (χ1) is 12.7. The molecule has 0 radical (unpaired) electrons. The molecule has 2 aliphatic rings. The van der Waals surface area contributed by atoms with Crippen LogP contribution in [0.5, 0.6) is 11.5 Å². The maximum Gasteiger partial charge on any atom is 0.292 e. The molecule has 0 atom stereocenters. The molecule has 0 bridgehead atoms. The second-order valence-electron chi connectivity index (χ2n) is 5.65. The van der Waals surface area contributed by atoms with Crippen LogP contribution in [0, 0.1) is 0 Å². The van der Waals surface area contributed by atoms with Crippen LogP contribution in [-0.4, -0.2) is 37.4 Å². The van der Waals surface area contributed by atoms with E-state index in [9.17, 15) is 9.59 Å². The standard InChI is InChI=1S/C18H16N4O4/c23-16-11-19-17(21-22(16)13-4-2-1-3-5-13)18(24)20-12-6-7-14-15(10-12)26-9-8-25-14/h1-7,10H,8-9,11H2,(H,19,21)(H,20,24). The summed E-state index contributed by atoms with van der Waals surface area (Å²) in [7, 11) is 0. The van der Waals surface area contributed by atoms with Crippen molar-refractivity contribution in [3.05, 3.63) is 48.5 Å². The highest BCUT2D eigenvalue weighted by Crippen LogP contribution is 2.32.